The van der Waals surface area contributed by atoms with E-state index >= 15 is 0 Å². The molecule has 2 rings (SSSR count). The number of piperazine rings is 1. The molecule has 1 aliphatic rings. The summed E-state index contributed by atoms with van der Waals surface area (Å²) in [4.78, 5) is 26.3. The van der Waals surface area contributed by atoms with Gasteiger partial charge in [0.15, 0.2) is 0 Å². The fourth-order valence-corrected chi connectivity index (χ4v) is 2.33. The van der Waals surface area contributed by atoms with Crippen LogP contribution in [0.25, 0.3) is 0 Å². The van der Waals surface area contributed by atoms with Crippen LogP contribution in [0.15, 0.2) is 18.2 Å². The number of nitro benzene ring substituents is 1. The van der Waals surface area contributed by atoms with Crippen molar-refractivity contribution in [3.8, 4) is 0 Å². The third kappa shape index (κ3) is 3.47. The molecule has 1 amide bonds. The molecule has 1 saturated heterocycles. The highest BCUT2D eigenvalue weighted by atomic mass is 16.6. The van der Waals surface area contributed by atoms with Gasteiger partial charge >= 0.3 is 0 Å². The molecule has 0 bridgehead atoms. The lowest BCUT2D eigenvalue weighted by Gasteiger charge is -2.34. The molecule has 1 heterocycles. The molecule has 0 spiro atoms. The number of hydrogen-bond donors (Lipinski definition) is 2. The monoisotopic (exact) mass is 294 g/mol. The minimum atomic E-state index is -0.592. The second-order valence-electron chi connectivity index (χ2n) is 4.89. The van der Waals surface area contributed by atoms with Gasteiger partial charge in [-0.2, -0.15) is 0 Å². The molecule has 1 aromatic rings. The molecule has 0 saturated carbocycles. The molecule has 1 aromatic carbocycles. The highest BCUT2D eigenvalue weighted by Gasteiger charge is 2.23. The molecule has 0 unspecified atom stereocenters. The molecular weight excluding hydrogens is 276 g/mol. The lowest BCUT2D eigenvalue weighted by Crippen LogP contribution is -2.49. The lowest BCUT2D eigenvalue weighted by molar-refractivity contribution is -0.383. The van der Waals surface area contributed by atoms with E-state index < -0.39 is 4.92 Å². The van der Waals surface area contributed by atoms with E-state index in [1.165, 1.54) is 18.2 Å². The molecule has 3 N–H and O–H groups in total. The Hall–Kier alpha value is -2.19. The number of aliphatic hydroxyl groups is 1. The van der Waals surface area contributed by atoms with Crippen molar-refractivity contribution in [1.82, 2.24) is 9.80 Å². The summed E-state index contributed by atoms with van der Waals surface area (Å²) < 4.78 is 0. The zero-order valence-electron chi connectivity index (χ0n) is 11.6. The van der Waals surface area contributed by atoms with Crippen LogP contribution < -0.4 is 5.73 Å². The van der Waals surface area contributed by atoms with Gasteiger partial charge in [0.25, 0.3) is 11.6 Å². The number of aliphatic hydroxyl groups excluding tert-OH is 1. The molecule has 114 valence electrons. The lowest BCUT2D eigenvalue weighted by atomic mass is 10.1. The van der Waals surface area contributed by atoms with Gasteiger partial charge < -0.3 is 15.7 Å². The van der Waals surface area contributed by atoms with E-state index in [1.54, 1.807) is 4.90 Å². The zero-order chi connectivity index (χ0) is 15.4. The number of benzene rings is 1. The maximum Gasteiger partial charge on any atom is 0.292 e. The van der Waals surface area contributed by atoms with Crippen LogP contribution in [0, 0.1) is 10.1 Å². The predicted octanol–water partition coefficient (Wildman–Crippen LogP) is -0.0729. The first-order valence-corrected chi connectivity index (χ1v) is 6.69. The van der Waals surface area contributed by atoms with E-state index in [2.05, 4.69) is 4.90 Å². The molecule has 1 fully saturated rings. The van der Waals surface area contributed by atoms with Crippen LogP contribution in [0.4, 0.5) is 11.4 Å². The van der Waals surface area contributed by atoms with E-state index in [0.29, 0.717) is 32.7 Å². The Balaban J connectivity index is 2.07. The standard InChI is InChI=1S/C13H18N4O4/c14-11-2-1-10(9-12(11)17(20)21)13(19)16-5-3-15(4-6-16)7-8-18/h1-2,9,18H,3-8,14H2. The largest absolute Gasteiger partial charge is 0.395 e. The molecule has 0 atom stereocenters. The summed E-state index contributed by atoms with van der Waals surface area (Å²) in [6.45, 7) is 3.13. The summed E-state index contributed by atoms with van der Waals surface area (Å²) in [5, 5.41) is 19.7. The summed E-state index contributed by atoms with van der Waals surface area (Å²) >= 11 is 0. The molecule has 0 aliphatic carbocycles. The van der Waals surface area contributed by atoms with Crippen molar-refractivity contribution in [2.45, 2.75) is 0 Å². The first-order valence-electron chi connectivity index (χ1n) is 6.69. The predicted molar refractivity (Wildman–Crippen MR) is 76.9 cm³/mol. The van der Waals surface area contributed by atoms with Crippen LogP contribution in [0.5, 0.6) is 0 Å². The summed E-state index contributed by atoms with van der Waals surface area (Å²) in [7, 11) is 0. The first kappa shape index (κ1) is 15.2. The topological polar surface area (TPSA) is 113 Å². The fraction of sp³-hybridized carbons (Fsp3) is 0.462. The smallest absolute Gasteiger partial charge is 0.292 e. The average molecular weight is 294 g/mol. The van der Waals surface area contributed by atoms with Crippen LogP contribution in [0.3, 0.4) is 0 Å². The Bertz CT molecular complexity index is 541. The third-order valence-electron chi connectivity index (χ3n) is 3.55. The van der Waals surface area contributed by atoms with E-state index in [9.17, 15) is 14.9 Å². The van der Waals surface area contributed by atoms with Crippen LogP contribution in [0.2, 0.25) is 0 Å². The minimum absolute atomic E-state index is 0.0457. The van der Waals surface area contributed by atoms with Gasteiger partial charge in [0.2, 0.25) is 0 Å². The summed E-state index contributed by atoms with van der Waals surface area (Å²) in [6.07, 6.45) is 0. The zero-order valence-corrected chi connectivity index (χ0v) is 11.6. The first-order chi connectivity index (χ1) is 10.0. The summed E-state index contributed by atoms with van der Waals surface area (Å²) in [5.41, 5.74) is 5.59. The maximum absolute atomic E-state index is 12.3. The number of nitrogens with zero attached hydrogens (tertiary/aromatic N) is 3. The SMILES string of the molecule is Nc1ccc(C(=O)N2CCN(CCO)CC2)cc1[N+](=O)[O-]. The summed E-state index contributed by atoms with van der Waals surface area (Å²) in [5.74, 6) is -0.234. The molecule has 8 nitrogen and oxygen atoms in total. The second kappa shape index (κ2) is 6.51. The van der Waals surface area contributed by atoms with Gasteiger partial charge in [0.05, 0.1) is 11.5 Å². The van der Waals surface area contributed by atoms with Crippen molar-refractivity contribution in [2.75, 3.05) is 45.1 Å². The Morgan fingerprint density at radius 2 is 2.00 bits per heavy atom. The van der Waals surface area contributed by atoms with Crippen LogP contribution >= 0.6 is 0 Å². The van der Waals surface area contributed by atoms with Gasteiger partial charge in [-0.1, -0.05) is 0 Å². The second-order valence-corrected chi connectivity index (χ2v) is 4.89. The van der Waals surface area contributed by atoms with E-state index in [4.69, 9.17) is 10.8 Å². The van der Waals surface area contributed by atoms with E-state index in [1.807, 2.05) is 0 Å². The molecule has 21 heavy (non-hydrogen) atoms. The number of β-amino-alcohol motifs (C(OH)–C–C–N with tert-alkyl or cyclic N) is 1. The number of hydrogen-bond acceptors (Lipinski definition) is 6. The Labute approximate surface area is 121 Å². The van der Waals surface area contributed by atoms with Gasteiger partial charge in [-0.25, -0.2) is 0 Å². The van der Waals surface area contributed by atoms with Crippen LogP contribution in [0.1, 0.15) is 10.4 Å². The number of amides is 1. The highest BCUT2D eigenvalue weighted by Crippen LogP contribution is 2.23. The molecule has 1 aliphatic heterocycles. The number of nitrogens with two attached hydrogens (primary N) is 1. The van der Waals surface area contributed by atoms with Gasteiger partial charge in [-0.3, -0.25) is 19.8 Å². The fourth-order valence-electron chi connectivity index (χ4n) is 2.33. The van der Waals surface area contributed by atoms with E-state index in [0.717, 1.165) is 0 Å². The normalized spacial score (nSPS) is 16.0. The molecule has 8 heteroatoms. The summed E-state index contributed by atoms with van der Waals surface area (Å²) in [6, 6.07) is 4.11. The number of rotatable bonds is 4. The number of anilines is 1. The third-order valence-corrected chi connectivity index (χ3v) is 3.55. The Kier molecular flexibility index (Phi) is 4.71. The van der Waals surface area contributed by atoms with Gasteiger partial charge in [0.1, 0.15) is 5.69 Å². The maximum atomic E-state index is 12.3. The van der Waals surface area contributed by atoms with Crippen molar-refractivity contribution < 1.29 is 14.8 Å². The van der Waals surface area contributed by atoms with Gasteiger partial charge in [-0.15, -0.1) is 0 Å². The quantitative estimate of drug-likeness (QED) is 0.456. The van der Waals surface area contributed by atoms with Crippen molar-refractivity contribution in [2.24, 2.45) is 0 Å². The van der Waals surface area contributed by atoms with E-state index in [-0.39, 0.29) is 29.5 Å². The van der Waals surface area contributed by atoms with Crippen molar-refractivity contribution in [3.05, 3.63) is 33.9 Å². The number of carbonyl (C=O) groups excluding carboxylic acids is 1. The van der Waals surface area contributed by atoms with Crippen molar-refractivity contribution in [3.63, 3.8) is 0 Å². The Morgan fingerprint density at radius 1 is 1.33 bits per heavy atom. The van der Waals surface area contributed by atoms with Crippen LogP contribution in [-0.4, -0.2) is 65.1 Å². The number of nitro groups is 1. The molecule has 0 aromatic heterocycles. The van der Waals surface area contributed by atoms with Crippen LogP contribution in [-0.2, 0) is 0 Å². The van der Waals surface area contributed by atoms with Gasteiger partial charge in [0, 0.05) is 44.4 Å². The minimum Gasteiger partial charge on any atom is -0.395 e. The number of nitrogen functional groups attached to an aromatic ring is 1. The molecular formula is C13H18N4O4. The number of carbonyl (C=O) groups is 1. The average Bonchev–Trinajstić information content (AvgIpc) is 2.48. The van der Waals surface area contributed by atoms with Crippen molar-refractivity contribution >= 4 is 17.3 Å². The van der Waals surface area contributed by atoms with Gasteiger partial charge in [-0.05, 0) is 12.1 Å². The van der Waals surface area contributed by atoms with Crippen molar-refractivity contribution in [1.29, 1.82) is 0 Å². The highest BCUT2D eigenvalue weighted by molar-refractivity contribution is 5.95. The Morgan fingerprint density at radius 3 is 2.57 bits per heavy atom. The molecule has 0 radical (unpaired) electrons.